The van der Waals surface area contributed by atoms with Crippen molar-refractivity contribution in [2.45, 2.75) is 18.0 Å². The van der Waals surface area contributed by atoms with Crippen LogP contribution < -0.4 is 5.56 Å². The van der Waals surface area contributed by atoms with Crippen molar-refractivity contribution in [3.63, 3.8) is 0 Å². The van der Waals surface area contributed by atoms with Crippen molar-refractivity contribution < 1.29 is 23.4 Å². The highest BCUT2D eigenvalue weighted by Gasteiger charge is 2.23. The first-order valence-electron chi connectivity index (χ1n) is 10.2. The van der Waals surface area contributed by atoms with Gasteiger partial charge in [0.2, 0.25) is 0 Å². The third-order valence-electron chi connectivity index (χ3n) is 5.55. The summed E-state index contributed by atoms with van der Waals surface area (Å²) in [6, 6.07) is 17.4. The summed E-state index contributed by atoms with van der Waals surface area (Å²) in [6.45, 7) is -0.244. The van der Waals surface area contributed by atoms with E-state index < -0.39 is 21.4 Å². The van der Waals surface area contributed by atoms with E-state index in [0.29, 0.717) is 38.0 Å². The zero-order valence-electron chi connectivity index (χ0n) is 18.0. The number of rotatable bonds is 6. The minimum atomic E-state index is -3.40. The van der Waals surface area contributed by atoms with Gasteiger partial charge in [-0.1, -0.05) is 48.0 Å². The monoisotopic (exact) mass is 497 g/mol. The number of aromatic nitrogens is 1. The first-order valence-corrected chi connectivity index (χ1v) is 12.5. The molecule has 0 saturated heterocycles. The molecule has 7 nitrogen and oxygen atoms in total. The van der Waals surface area contributed by atoms with E-state index in [-0.39, 0.29) is 23.7 Å². The quantitative estimate of drug-likeness (QED) is 0.417. The average molecular weight is 498 g/mol. The number of halogens is 1. The Morgan fingerprint density at radius 1 is 0.941 bits per heavy atom. The number of aliphatic hydroxyl groups excluding tert-OH is 1. The lowest BCUT2D eigenvalue weighted by atomic mass is 9.95. The summed E-state index contributed by atoms with van der Waals surface area (Å²) >= 11 is 6.19. The maximum absolute atomic E-state index is 13.4. The number of aliphatic hydroxyl groups is 1. The summed E-state index contributed by atoms with van der Waals surface area (Å²) < 4.78 is 24.7. The second-order valence-electron chi connectivity index (χ2n) is 7.88. The van der Waals surface area contributed by atoms with Crippen LogP contribution in [0.25, 0.3) is 21.9 Å². The molecule has 2 N–H and O–H groups in total. The number of nitrogens with zero attached hydrogens (tertiary/aromatic N) is 1. The number of benzene rings is 3. The van der Waals surface area contributed by atoms with Crippen LogP contribution in [0.1, 0.15) is 21.6 Å². The fraction of sp³-hybridized carbons (Fsp3) is 0.120. The van der Waals surface area contributed by atoms with E-state index >= 15 is 0 Å². The van der Waals surface area contributed by atoms with Gasteiger partial charge < -0.3 is 10.2 Å². The van der Waals surface area contributed by atoms with Crippen LogP contribution in [0.15, 0.2) is 76.4 Å². The molecular formula is C25H20ClNO6S. The number of pyridine rings is 1. The van der Waals surface area contributed by atoms with Crippen LogP contribution in [-0.4, -0.2) is 35.4 Å². The molecule has 34 heavy (non-hydrogen) atoms. The van der Waals surface area contributed by atoms with Gasteiger partial charge in [-0.3, -0.25) is 9.36 Å². The zero-order valence-corrected chi connectivity index (χ0v) is 19.6. The predicted octanol–water partition coefficient (Wildman–Crippen LogP) is 3.96. The number of fused-ring (bicyclic) bond motifs is 1. The Labute approximate surface area is 200 Å². The summed E-state index contributed by atoms with van der Waals surface area (Å²) in [5.74, 6) is -1.30. The van der Waals surface area contributed by atoms with E-state index in [1.54, 1.807) is 54.6 Å². The largest absolute Gasteiger partial charge is 0.477 e. The molecule has 1 heterocycles. The molecule has 0 unspecified atom stereocenters. The van der Waals surface area contributed by atoms with Gasteiger partial charge in [-0.15, -0.1) is 0 Å². The third kappa shape index (κ3) is 4.48. The van der Waals surface area contributed by atoms with Crippen molar-refractivity contribution in [1.82, 2.24) is 4.57 Å². The molecule has 0 aliphatic heterocycles. The Bertz CT molecular complexity index is 1570. The Kier molecular flexibility index (Phi) is 6.31. The van der Waals surface area contributed by atoms with Crippen LogP contribution in [0.2, 0.25) is 5.02 Å². The summed E-state index contributed by atoms with van der Waals surface area (Å²) in [6.07, 6.45) is 1.10. The van der Waals surface area contributed by atoms with E-state index in [1.807, 2.05) is 0 Å². The number of sulfone groups is 1. The lowest BCUT2D eigenvalue weighted by molar-refractivity contribution is 0.0685. The highest BCUT2D eigenvalue weighted by molar-refractivity contribution is 7.90. The molecule has 1 aromatic heterocycles. The molecule has 0 atom stereocenters. The van der Waals surface area contributed by atoms with Crippen molar-refractivity contribution >= 4 is 38.2 Å². The van der Waals surface area contributed by atoms with Crippen LogP contribution >= 0.6 is 11.6 Å². The van der Waals surface area contributed by atoms with E-state index in [9.17, 15) is 28.2 Å². The lowest BCUT2D eigenvalue weighted by Gasteiger charge is -2.18. The first kappa shape index (κ1) is 23.7. The Morgan fingerprint density at radius 3 is 2.12 bits per heavy atom. The van der Waals surface area contributed by atoms with Crippen LogP contribution in [-0.2, 0) is 23.0 Å². The molecule has 174 valence electrons. The average Bonchev–Trinajstić information content (AvgIpc) is 2.80. The lowest BCUT2D eigenvalue weighted by Crippen LogP contribution is -2.28. The maximum Gasteiger partial charge on any atom is 0.353 e. The van der Waals surface area contributed by atoms with Gasteiger partial charge in [-0.05, 0) is 52.4 Å². The van der Waals surface area contributed by atoms with Crippen LogP contribution in [0.3, 0.4) is 0 Å². The number of aromatic carboxylic acids is 1. The number of carboxylic acids is 1. The molecule has 4 rings (SSSR count). The second kappa shape index (κ2) is 9.06. The SMILES string of the molecule is CS(=O)(=O)c1ccc(Cn2c(C(=O)O)c(-c3ccc(CO)cc3)c3cc(Cl)ccc3c2=O)cc1. The van der Waals surface area contributed by atoms with Gasteiger partial charge in [0.25, 0.3) is 5.56 Å². The van der Waals surface area contributed by atoms with Crippen LogP contribution in [0, 0.1) is 0 Å². The fourth-order valence-electron chi connectivity index (χ4n) is 3.89. The topological polar surface area (TPSA) is 114 Å². The van der Waals surface area contributed by atoms with Gasteiger partial charge in [0.1, 0.15) is 5.69 Å². The van der Waals surface area contributed by atoms with E-state index in [4.69, 9.17) is 11.6 Å². The van der Waals surface area contributed by atoms with Gasteiger partial charge in [-0.2, -0.15) is 0 Å². The maximum atomic E-state index is 13.4. The molecule has 3 aromatic carbocycles. The molecule has 9 heteroatoms. The Balaban J connectivity index is 2.01. The van der Waals surface area contributed by atoms with Gasteiger partial charge in [-0.25, -0.2) is 13.2 Å². The number of hydrogen-bond acceptors (Lipinski definition) is 5. The van der Waals surface area contributed by atoms with Crippen LogP contribution in [0.4, 0.5) is 0 Å². The van der Waals surface area contributed by atoms with Gasteiger partial charge in [0.05, 0.1) is 18.0 Å². The highest BCUT2D eigenvalue weighted by Crippen LogP contribution is 2.33. The summed E-state index contributed by atoms with van der Waals surface area (Å²) in [5.41, 5.74) is 1.36. The van der Waals surface area contributed by atoms with E-state index in [0.717, 1.165) is 6.26 Å². The molecular weight excluding hydrogens is 478 g/mol. The zero-order chi connectivity index (χ0) is 24.6. The molecule has 0 aliphatic rings. The molecule has 0 bridgehead atoms. The molecule has 0 saturated carbocycles. The molecule has 0 aliphatic carbocycles. The fourth-order valence-corrected chi connectivity index (χ4v) is 4.69. The van der Waals surface area contributed by atoms with Gasteiger partial charge >= 0.3 is 5.97 Å². The van der Waals surface area contributed by atoms with Crippen molar-refractivity contribution in [2.24, 2.45) is 0 Å². The minimum absolute atomic E-state index is 0.0786. The summed E-state index contributed by atoms with van der Waals surface area (Å²) in [7, 11) is -3.40. The highest BCUT2D eigenvalue weighted by atomic mass is 35.5. The minimum Gasteiger partial charge on any atom is -0.477 e. The van der Waals surface area contributed by atoms with Crippen molar-refractivity contribution in [2.75, 3.05) is 6.26 Å². The number of carbonyl (C=O) groups is 1. The molecule has 0 spiro atoms. The van der Waals surface area contributed by atoms with E-state index in [1.165, 1.54) is 16.7 Å². The first-order chi connectivity index (χ1) is 16.1. The van der Waals surface area contributed by atoms with Crippen LogP contribution in [0.5, 0.6) is 0 Å². The second-order valence-corrected chi connectivity index (χ2v) is 10.3. The summed E-state index contributed by atoms with van der Waals surface area (Å²) in [4.78, 5) is 26.0. The normalized spacial score (nSPS) is 11.6. The van der Waals surface area contributed by atoms with Crippen molar-refractivity contribution in [3.05, 3.63) is 98.9 Å². The van der Waals surface area contributed by atoms with Gasteiger partial charge in [0.15, 0.2) is 9.84 Å². The summed E-state index contributed by atoms with van der Waals surface area (Å²) in [5, 5.41) is 20.6. The molecule has 0 amide bonds. The number of carboxylic acid groups (broad SMARTS) is 1. The van der Waals surface area contributed by atoms with Crippen molar-refractivity contribution in [3.8, 4) is 11.1 Å². The van der Waals surface area contributed by atoms with E-state index in [2.05, 4.69) is 0 Å². The molecule has 0 radical (unpaired) electrons. The number of hydrogen-bond donors (Lipinski definition) is 2. The van der Waals surface area contributed by atoms with Crippen molar-refractivity contribution in [1.29, 1.82) is 0 Å². The standard InChI is InChI=1S/C25H20ClNO6S/c1-34(32,33)19-9-4-15(5-10-19)13-27-23(25(30)31)22(17-6-2-16(14-28)3-7-17)21-12-18(26)8-11-20(21)24(27)29/h2-12,28H,13-14H2,1H3,(H,30,31). The Hall–Kier alpha value is -3.46. The smallest absolute Gasteiger partial charge is 0.353 e. The predicted molar refractivity (Wildman–Crippen MR) is 130 cm³/mol. The van der Waals surface area contributed by atoms with Gasteiger partial charge in [0, 0.05) is 22.2 Å². The Morgan fingerprint density at radius 2 is 1.56 bits per heavy atom. The third-order valence-corrected chi connectivity index (χ3v) is 6.92. The molecule has 0 fully saturated rings. The molecule has 4 aromatic rings.